The Labute approximate surface area is 206 Å². The average molecular weight is 497 g/mol. The Morgan fingerprint density at radius 1 is 1.12 bits per heavy atom. The number of anilines is 1. The number of para-hydroxylation sites is 2. The van der Waals surface area contributed by atoms with Gasteiger partial charge in [-0.2, -0.15) is 0 Å². The summed E-state index contributed by atoms with van der Waals surface area (Å²) in [5.41, 5.74) is 2.38. The highest BCUT2D eigenvalue weighted by atomic mass is 35.5. The largest absolute Gasteiger partial charge is 0.483 e. The highest BCUT2D eigenvalue weighted by Crippen LogP contribution is 2.28. The molecule has 1 unspecified atom stereocenters. The van der Waals surface area contributed by atoms with E-state index in [0.717, 1.165) is 11.3 Å². The summed E-state index contributed by atoms with van der Waals surface area (Å²) in [5, 5.41) is 12.0. The van der Waals surface area contributed by atoms with Crippen LogP contribution in [0.25, 0.3) is 5.69 Å². The van der Waals surface area contributed by atoms with Crippen LogP contribution in [-0.4, -0.2) is 25.9 Å². The minimum atomic E-state index is -0.481. The number of aromatic nitrogens is 3. The van der Waals surface area contributed by atoms with Crippen molar-refractivity contribution in [2.45, 2.75) is 30.9 Å². The molecule has 6 nitrogen and oxygen atoms in total. The molecule has 34 heavy (non-hydrogen) atoms. The lowest BCUT2D eigenvalue weighted by molar-refractivity contribution is -0.115. The first-order valence-electron chi connectivity index (χ1n) is 10.5. The van der Waals surface area contributed by atoms with Gasteiger partial charge in [0.25, 0.3) is 0 Å². The molecule has 174 valence electrons. The Bertz CT molecular complexity index is 1300. The van der Waals surface area contributed by atoms with Crippen molar-refractivity contribution >= 4 is 35.0 Å². The quantitative estimate of drug-likeness (QED) is 0.300. The lowest BCUT2D eigenvalue weighted by Crippen LogP contribution is -2.23. The summed E-state index contributed by atoms with van der Waals surface area (Å²) in [6.07, 6.45) is 0. The molecule has 0 aliphatic rings. The van der Waals surface area contributed by atoms with Gasteiger partial charge in [0.1, 0.15) is 6.61 Å². The van der Waals surface area contributed by atoms with Crippen molar-refractivity contribution in [1.82, 2.24) is 14.8 Å². The minimum absolute atomic E-state index is 0.00563. The monoisotopic (exact) mass is 496 g/mol. The standard InChI is InChI=1S/C25H22ClFN4O2S/c1-16-12-13-18(26)14-21(16)28-24(32)17(2)34-25-30-29-23(31(25)19-8-4-3-5-9-19)15-33-22-11-7-6-10-20(22)27/h3-14,17H,15H2,1-2H3,(H,28,32). The Kier molecular flexibility index (Phi) is 7.49. The second-order valence-corrected chi connectivity index (χ2v) is 9.24. The topological polar surface area (TPSA) is 69.0 Å². The van der Waals surface area contributed by atoms with Crippen molar-refractivity contribution in [3.05, 3.63) is 95.0 Å². The fourth-order valence-corrected chi connectivity index (χ4v) is 4.24. The third-order valence-electron chi connectivity index (χ3n) is 5.02. The molecule has 1 aromatic heterocycles. The lowest BCUT2D eigenvalue weighted by Gasteiger charge is -2.15. The van der Waals surface area contributed by atoms with Gasteiger partial charge in [-0.1, -0.05) is 59.8 Å². The molecule has 1 N–H and O–H groups in total. The van der Waals surface area contributed by atoms with Crippen LogP contribution in [0.1, 0.15) is 18.3 Å². The molecule has 1 amide bonds. The van der Waals surface area contributed by atoms with Gasteiger partial charge >= 0.3 is 0 Å². The van der Waals surface area contributed by atoms with Crippen molar-refractivity contribution in [3.8, 4) is 11.4 Å². The molecule has 0 aliphatic heterocycles. The maximum atomic E-state index is 14.0. The fraction of sp³-hybridized carbons (Fsp3) is 0.160. The Morgan fingerprint density at radius 3 is 2.62 bits per heavy atom. The highest BCUT2D eigenvalue weighted by molar-refractivity contribution is 8.00. The summed E-state index contributed by atoms with van der Waals surface area (Å²) >= 11 is 7.33. The van der Waals surface area contributed by atoms with E-state index in [9.17, 15) is 9.18 Å². The molecule has 9 heteroatoms. The summed E-state index contributed by atoms with van der Waals surface area (Å²) in [6, 6.07) is 21.0. The SMILES string of the molecule is Cc1ccc(Cl)cc1NC(=O)C(C)Sc1nnc(COc2ccccc2F)n1-c1ccccc1. The average Bonchev–Trinajstić information content (AvgIpc) is 3.23. The van der Waals surface area contributed by atoms with Gasteiger partial charge in [0, 0.05) is 16.4 Å². The van der Waals surface area contributed by atoms with E-state index in [2.05, 4.69) is 15.5 Å². The van der Waals surface area contributed by atoms with Crippen LogP contribution in [0.4, 0.5) is 10.1 Å². The molecule has 0 spiro atoms. The van der Waals surface area contributed by atoms with Gasteiger partial charge in [0.05, 0.1) is 5.25 Å². The molecule has 1 atom stereocenters. The Hall–Kier alpha value is -3.36. The Morgan fingerprint density at radius 2 is 1.85 bits per heavy atom. The zero-order chi connectivity index (χ0) is 24.1. The van der Waals surface area contributed by atoms with E-state index in [1.165, 1.54) is 17.8 Å². The van der Waals surface area contributed by atoms with Crippen LogP contribution in [0.5, 0.6) is 5.75 Å². The predicted molar refractivity (Wildman–Crippen MR) is 132 cm³/mol. The molecule has 0 bridgehead atoms. The van der Waals surface area contributed by atoms with Gasteiger partial charge in [-0.05, 0) is 55.8 Å². The Balaban J connectivity index is 1.55. The first kappa shape index (κ1) is 23.8. The van der Waals surface area contributed by atoms with Crippen molar-refractivity contribution in [3.63, 3.8) is 0 Å². The normalized spacial score (nSPS) is 11.8. The number of aryl methyl sites for hydroxylation is 1. The second kappa shape index (κ2) is 10.7. The minimum Gasteiger partial charge on any atom is -0.483 e. The zero-order valence-corrected chi connectivity index (χ0v) is 20.1. The maximum absolute atomic E-state index is 14.0. The maximum Gasteiger partial charge on any atom is 0.237 e. The van der Waals surface area contributed by atoms with Gasteiger partial charge < -0.3 is 10.1 Å². The molecule has 0 fully saturated rings. The fourth-order valence-electron chi connectivity index (χ4n) is 3.19. The lowest BCUT2D eigenvalue weighted by atomic mass is 10.2. The molecule has 0 saturated carbocycles. The van der Waals surface area contributed by atoms with Crippen LogP contribution in [0.2, 0.25) is 5.02 Å². The van der Waals surface area contributed by atoms with Gasteiger partial charge in [-0.3, -0.25) is 9.36 Å². The smallest absolute Gasteiger partial charge is 0.237 e. The number of nitrogens with one attached hydrogen (secondary N) is 1. The summed E-state index contributed by atoms with van der Waals surface area (Å²) in [7, 11) is 0. The van der Waals surface area contributed by atoms with E-state index in [1.54, 1.807) is 41.8 Å². The van der Waals surface area contributed by atoms with E-state index in [1.807, 2.05) is 43.3 Å². The third kappa shape index (κ3) is 5.58. The molecule has 4 rings (SSSR count). The molecule has 0 radical (unpaired) electrons. The van der Waals surface area contributed by atoms with E-state index in [-0.39, 0.29) is 18.3 Å². The van der Waals surface area contributed by atoms with Crippen molar-refractivity contribution < 1.29 is 13.9 Å². The summed E-state index contributed by atoms with van der Waals surface area (Å²) in [5.74, 6) is -0.0363. The summed E-state index contributed by atoms with van der Waals surface area (Å²) in [6.45, 7) is 3.70. The van der Waals surface area contributed by atoms with E-state index in [0.29, 0.717) is 21.7 Å². The number of carbonyl (C=O) groups excluding carboxylic acids is 1. The van der Waals surface area contributed by atoms with Crippen LogP contribution in [0.3, 0.4) is 0 Å². The van der Waals surface area contributed by atoms with Gasteiger partial charge in [0.2, 0.25) is 5.91 Å². The summed E-state index contributed by atoms with van der Waals surface area (Å²) in [4.78, 5) is 12.9. The summed E-state index contributed by atoms with van der Waals surface area (Å²) < 4.78 is 21.4. The van der Waals surface area contributed by atoms with Crippen molar-refractivity contribution in [2.24, 2.45) is 0 Å². The number of halogens is 2. The molecule has 0 aliphatic carbocycles. The number of carbonyl (C=O) groups is 1. The number of hydrogen-bond acceptors (Lipinski definition) is 5. The molecule has 1 heterocycles. The second-order valence-electron chi connectivity index (χ2n) is 7.50. The molecular formula is C25H22ClFN4O2S. The molecule has 3 aromatic carbocycles. The van der Waals surface area contributed by atoms with Gasteiger partial charge in [0.15, 0.2) is 22.5 Å². The first-order valence-corrected chi connectivity index (χ1v) is 11.8. The number of hydrogen-bond donors (Lipinski definition) is 1. The zero-order valence-electron chi connectivity index (χ0n) is 18.5. The predicted octanol–water partition coefficient (Wildman–Crippen LogP) is 6.07. The van der Waals surface area contributed by atoms with Crippen LogP contribution < -0.4 is 10.1 Å². The van der Waals surface area contributed by atoms with Crippen molar-refractivity contribution in [2.75, 3.05) is 5.32 Å². The van der Waals surface area contributed by atoms with Crippen LogP contribution in [0.15, 0.2) is 78.0 Å². The molecular weight excluding hydrogens is 475 g/mol. The number of rotatable bonds is 8. The molecule has 4 aromatic rings. The van der Waals surface area contributed by atoms with E-state index >= 15 is 0 Å². The van der Waals surface area contributed by atoms with Crippen molar-refractivity contribution in [1.29, 1.82) is 0 Å². The number of nitrogens with zero attached hydrogens (tertiary/aromatic N) is 3. The number of benzene rings is 3. The highest BCUT2D eigenvalue weighted by Gasteiger charge is 2.22. The number of ether oxygens (including phenoxy) is 1. The molecule has 0 saturated heterocycles. The number of thioether (sulfide) groups is 1. The van der Waals surface area contributed by atoms with Gasteiger partial charge in [-0.25, -0.2) is 4.39 Å². The van der Waals surface area contributed by atoms with E-state index < -0.39 is 11.1 Å². The van der Waals surface area contributed by atoms with Crippen LogP contribution in [-0.2, 0) is 11.4 Å². The van der Waals surface area contributed by atoms with Gasteiger partial charge in [-0.15, -0.1) is 10.2 Å². The van der Waals surface area contributed by atoms with E-state index in [4.69, 9.17) is 16.3 Å². The first-order chi connectivity index (χ1) is 16.4. The third-order valence-corrected chi connectivity index (χ3v) is 6.29. The van der Waals surface area contributed by atoms with Crippen LogP contribution in [0, 0.1) is 12.7 Å². The van der Waals surface area contributed by atoms with Crippen LogP contribution >= 0.6 is 23.4 Å². The number of amides is 1.